The number of amides is 2. The van der Waals surface area contributed by atoms with Crippen LogP contribution in [0.5, 0.6) is 0 Å². The lowest BCUT2D eigenvalue weighted by Gasteiger charge is -2.34. The van der Waals surface area contributed by atoms with Gasteiger partial charge in [0.05, 0.1) is 29.5 Å². The van der Waals surface area contributed by atoms with Crippen molar-refractivity contribution in [3.63, 3.8) is 0 Å². The molecule has 0 saturated carbocycles. The van der Waals surface area contributed by atoms with E-state index in [9.17, 15) is 9.59 Å². The summed E-state index contributed by atoms with van der Waals surface area (Å²) in [6, 6.07) is 14.0. The summed E-state index contributed by atoms with van der Waals surface area (Å²) in [5.74, 6) is 0.489. The Kier molecular flexibility index (Phi) is 6.05. The van der Waals surface area contributed by atoms with E-state index in [1.165, 1.54) is 6.26 Å². The van der Waals surface area contributed by atoms with Crippen LogP contribution in [0.2, 0.25) is 0 Å². The Morgan fingerprint density at radius 3 is 2.52 bits per heavy atom. The number of benzene rings is 1. The van der Waals surface area contributed by atoms with Gasteiger partial charge in [0, 0.05) is 38.1 Å². The van der Waals surface area contributed by atoms with Gasteiger partial charge < -0.3 is 19.1 Å². The highest BCUT2D eigenvalue weighted by Gasteiger charge is 2.25. The van der Waals surface area contributed by atoms with E-state index in [0.717, 1.165) is 36.1 Å². The standard InChI is InChI=1S/C24H22N4O4S/c29-22(20-7-3-13-31-20)26-19-6-2-1-5-18(19)24(30)28-11-9-27(10-12-28)15-17-16-33-23(25-17)21-8-4-14-32-21/h1-8,13-14,16H,9-12,15H2,(H,26,29). The van der Waals surface area contributed by atoms with Gasteiger partial charge in [-0.2, -0.15) is 0 Å². The topological polar surface area (TPSA) is 91.8 Å². The first kappa shape index (κ1) is 21.2. The van der Waals surface area contributed by atoms with E-state index in [2.05, 4.69) is 15.2 Å². The summed E-state index contributed by atoms with van der Waals surface area (Å²) in [6.07, 6.45) is 3.09. The first-order valence-corrected chi connectivity index (χ1v) is 11.5. The molecule has 0 aliphatic carbocycles. The Hall–Kier alpha value is -3.69. The Labute approximate surface area is 194 Å². The Balaban J connectivity index is 1.19. The maximum atomic E-state index is 13.2. The highest BCUT2D eigenvalue weighted by molar-refractivity contribution is 7.13. The molecule has 1 saturated heterocycles. The Morgan fingerprint density at radius 1 is 0.970 bits per heavy atom. The molecule has 8 nitrogen and oxygen atoms in total. The zero-order valence-corrected chi connectivity index (χ0v) is 18.6. The lowest BCUT2D eigenvalue weighted by Crippen LogP contribution is -2.48. The molecule has 4 heterocycles. The summed E-state index contributed by atoms with van der Waals surface area (Å²) in [6.45, 7) is 3.44. The molecule has 168 valence electrons. The summed E-state index contributed by atoms with van der Waals surface area (Å²) < 4.78 is 10.6. The van der Waals surface area contributed by atoms with E-state index in [-0.39, 0.29) is 17.6 Å². The van der Waals surface area contributed by atoms with E-state index in [4.69, 9.17) is 8.83 Å². The second-order valence-electron chi connectivity index (χ2n) is 7.67. The quantitative estimate of drug-likeness (QED) is 0.462. The second kappa shape index (κ2) is 9.43. The fraction of sp³-hybridized carbons (Fsp3) is 0.208. The summed E-state index contributed by atoms with van der Waals surface area (Å²) in [5.41, 5.74) is 1.94. The zero-order chi connectivity index (χ0) is 22.6. The molecule has 3 aromatic heterocycles. The number of hydrogen-bond donors (Lipinski definition) is 1. The summed E-state index contributed by atoms with van der Waals surface area (Å²) >= 11 is 1.57. The van der Waals surface area contributed by atoms with Gasteiger partial charge in [0.15, 0.2) is 16.5 Å². The van der Waals surface area contributed by atoms with Crippen molar-refractivity contribution in [2.75, 3.05) is 31.5 Å². The number of furan rings is 2. The van der Waals surface area contributed by atoms with Gasteiger partial charge in [0.25, 0.3) is 11.8 Å². The van der Waals surface area contributed by atoms with E-state index in [1.54, 1.807) is 54.0 Å². The van der Waals surface area contributed by atoms with Gasteiger partial charge >= 0.3 is 0 Å². The number of nitrogens with one attached hydrogen (secondary N) is 1. The molecule has 1 fully saturated rings. The molecule has 0 spiro atoms. The molecular weight excluding hydrogens is 440 g/mol. The van der Waals surface area contributed by atoms with E-state index in [0.29, 0.717) is 24.3 Å². The van der Waals surface area contributed by atoms with Crippen LogP contribution < -0.4 is 5.32 Å². The van der Waals surface area contributed by atoms with Gasteiger partial charge in [-0.15, -0.1) is 11.3 Å². The molecule has 1 aliphatic rings. The number of aromatic nitrogens is 1. The molecule has 1 N–H and O–H groups in total. The molecule has 0 atom stereocenters. The first-order chi connectivity index (χ1) is 16.2. The molecule has 9 heteroatoms. The Morgan fingerprint density at radius 2 is 1.76 bits per heavy atom. The molecule has 0 radical (unpaired) electrons. The molecule has 5 rings (SSSR count). The van der Waals surface area contributed by atoms with Gasteiger partial charge in [-0.3, -0.25) is 14.5 Å². The van der Waals surface area contributed by atoms with Crippen LogP contribution in [0, 0.1) is 0 Å². The van der Waals surface area contributed by atoms with Crippen molar-refractivity contribution in [1.82, 2.24) is 14.8 Å². The minimum Gasteiger partial charge on any atom is -0.462 e. The van der Waals surface area contributed by atoms with Gasteiger partial charge in [-0.05, 0) is 36.4 Å². The minimum atomic E-state index is -0.387. The largest absolute Gasteiger partial charge is 0.462 e. The predicted octanol–water partition coefficient (Wildman–Crippen LogP) is 4.21. The smallest absolute Gasteiger partial charge is 0.291 e. The van der Waals surface area contributed by atoms with Crippen molar-refractivity contribution >= 4 is 28.8 Å². The van der Waals surface area contributed by atoms with Crippen LogP contribution in [0.4, 0.5) is 5.69 Å². The Bertz CT molecular complexity index is 1230. The van der Waals surface area contributed by atoms with Gasteiger partial charge in [0.2, 0.25) is 0 Å². The fourth-order valence-electron chi connectivity index (χ4n) is 3.77. The van der Waals surface area contributed by atoms with E-state index in [1.807, 2.05) is 22.4 Å². The molecule has 1 aromatic carbocycles. The lowest BCUT2D eigenvalue weighted by atomic mass is 10.1. The third-order valence-corrected chi connectivity index (χ3v) is 6.39. The number of carbonyl (C=O) groups excluding carboxylic acids is 2. The van der Waals surface area contributed by atoms with Crippen molar-refractivity contribution < 1.29 is 18.4 Å². The average Bonchev–Trinajstić information content (AvgIpc) is 3.62. The molecule has 1 aliphatic heterocycles. The molecule has 33 heavy (non-hydrogen) atoms. The number of carbonyl (C=O) groups is 2. The van der Waals surface area contributed by atoms with Crippen LogP contribution in [0.25, 0.3) is 10.8 Å². The molecule has 0 bridgehead atoms. The van der Waals surface area contributed by atoms with Crippen LogP contribution in [0.1, 0.15) is 26.6 Å². The minimum absolute atomic E-state index is 0.0984. The number of nitrogens with zero attached hydrogens (tertiary/aromatic N) is 3. The maximum Gasteiger partial charge on any atom is 0.291 e. The summed E-state index contributed by atoms with van der Waals surface area (Å²) in [7, 11) is 0. The average molecular weight is 463 g/mol. The number of thiazole rings is 1. The summed E-state index contributed by atoms with van der Waals surface area (Å²) in [5, 5.41) is 5.70. The highest BCUT2D eigenvalue weighted by atomic mass is 32.1. The van der Waals surface area contributed by atoms with Crippen LogP contribution >= 0.6 is 11.3 Å². The second-order valence-corrected chi connectivity index (χ2v) is 8.52. The molecule has 4 aromatic rings. The van der Waals surface area contributed by atoms with Gasteiger partial charge in [0.1, 0.15) is 0 Å². The normalized spacial score (nSPS) is 14.4. The van der Waals surface area contributed by atoms with Crippen molar-refractivity contribution in [1.29, 1.82) is 0 Å². The van der Waals surface area contributed by atoms with Crippen molar-refractivity contribution in [3.8, 4) is 10.8 Å². The fourth-order valence-corrected chi connectivity index (χ4v) is 4.55. The van der Waals surface area contributed by atoms with Gasteiger partial charge in [-0.25, -0.2) is 4.98 Å². The van der Waals surface area contributed by atoms with Gasteiger partial charge in [-0.1, -0.05) is 12.1 Å². The van der Waals surface area contributed by atoms with Crippen LogP contribution in [0.3, 0.4) is 0 Å². The SMILES string of the molecule is O=C(Nc1ccccc1C(=O)N1CCN(Cc2csc(-c3ccco3)n2)CC1)c1ccco1. The maximum absolute atomic E-state index is 13.2. The third-order valence-electron chi connectivity index (χ3n) is 5.48. The molecule has 0 unspecified atom stereocenters. The first-order valence-electron chi connectivity index (χ1n) is 10.6. The van der Waals surface area contributed by atoms with Crippen molar-refractivity contribution in [2.24, 2.45) is 0 Å². The number of piperazine rings is 1. The number of rotatable bonds is 6. The van der Waals surface area contributed by atoms with Crippen LogP contribution in [-0.4, -0.2) is 52.8 Å². The monoisotopic (exact) mass is 462 g/mol. The lowest BCUT2D eigenvalue weighted by molar-refractivity contribution is 0.0628. The van der Waals surface area contributed by atoms with E-state index < -0.39 is 0 Å². The van der Waals surface area contributed by atoms with Crippen molar-refractivity contribution in [3.05, 3.63) is 83.5 Å². The van der Waals surface area contributed by atoms with Crippen molar-refractivity contribution in [2.45, 2.75) is 6.54 Å². The number of para-hydroxylation sites is 1. The predicted molar refractivity (Wildman–Crippen MR) is 124 cm³/mol. The molecule has 2 amide bonds. The van der Waals surface area contributed by atoms with Crippen LogP contribution in [0.15, 0.2) is 75.3 Å². The third kappa shape index (κ3) is 4.74. The number of hydrogen-bond acceptors (Lipinski definition) is 7. The highest BCUT2D eigenvalue weighted by Crippen LogP contribution is 2.25. The zero-order valence-electron chi connectivity index (χ0n) is 17.8. The van der Waals surface area contributed by atoms with E-state index >= 15 is 0 Å². The number of anilines is 1. The van der Waals surface area contributed by atoms with Crippen LogP contribution in [-0.2, 0) is 6.54 Å². The summed E-state index contributed by atoms with van der Waals surface area (Å²) in [4.78, 5) is 34.3. The molecular formula is C24H22N4O4S.